The summed E-state index contributed by atoms with van der Waals surface area (Å²) in [4.78, 5) is 20.9. The zero-order chi connectivity index (χ0) is 12.0. The van der Waals surface area contributed by atoms with Crippen molar-refractivity contribution >= 4 is 23.7 Å². The predicted molar refractivity (Wildman–Crippen MR) is 65.2 cm³/mol. The summed E-state index contributed by atoms with van der Waals surface area (Å²) >= 11 is 5.86. The molecule has 1 rings (SSSR count). The lowest BCUT2D eigenvalue weighted by Crippen LogP contribution is -2.26. The van der Waals surface area contributed by atoms with Crippen LogP contribution in [0, 0.1) is 0 Å². The third-order valence-electron chi connectivity index (χ3n) is 2.39. The van der Waals surface area contributed by atoms with Gasteiger partial charge < -0.3 is 4.90 Å². The van der Waals surface area contributed by atoms with Crippen molar-refractivity contribution in [3.05, 3.63) is 17.0 Å². The molecule has 0 N–H and O–H groups in total. The molecule has 0 aliphatic rings. The smallest absolute Gasteiger partial charge is 0.156 e. The molecular formula is C11H16ClN3O. The van der Waals surface area contributed by atoms with Gasteiger partial charge in [0.05, 0.1) is 5.56 Å². The molecule has 0 radical (unpaired) electrons. The maximum absolute atomic E-state index is 11.0. The minimum absolute atomic E-state index is 0.218. The fourth-order valence-electron chi connectivity index (χ4n) is 1.48. The fourth-order valence-corrected chi connectivity index (χ4v) is 1.65. The summed E-state index contributed by atoms with van der Waals surface area (Å²) in [6.45, 7) is 5.83. The molecule has 88 valence electrons. The average Bonchev–Trinajstić information content (AvgIpc) is 2.30. The van der Waals surface area contributed by atoms with E-state index in [2.05, 4.69) is 16.9 Å². The Balaban J connectivity index is 2.99. The topological polar surface area (TPSA) is 46.1 Å². The third kappa shape index (κ3) is 2.92. The molecule has 0 fully saturated rings. The number of aromatic nitrogens is 2. The van der Waals surface area contributed by atoms with E-state index in [0.717, 1.165) is 25.9 Å². The number of hydrogen-bond acceptors (Lipinski definition) is 4. The van der Waals surface area contributed by atoms with Crippen molar-refractivity contribution in [1.82, 2.24) is 9.97 Å². The lowest BCUT2D eigenvalue weighted by molar-refractivity contribution is 0.112. The maximum Gasteiger partial charge on any atom is 0.156 e. The minimum atomic E-state index is 0.218. The molecule has 5 heteroatoms. The first-order valence-corrected chi connectivity index (χ1v) is 5.83. The zero-order valence-corrected chi connectivity index (χ0v) is 10.4. The maximum atomic E-state index is 11.0. The van der Waals surface area contributed by atoms with Crippen LogP contribution in [0.25, 0.3) is 0 Å². The van der Waals surface area contributed by atoms with Crippen molar-refractivity contribution in [2.45, 2.75) is 26.7 Å². The van der Waals surface area contributed by atoms with Crippen LogP contribution < -0.4 is 4.90 Å². The number of rotatable bonds is 6. The third-order valence-corrected chi connectivity index (χ3v) is 2.70. The Labute approximate surface area is 101 Å². The van der Waals surface area contributed by atoms with Crippen LogP contribution >= 0.6 is 11.6 Å². The average molecular weight is 242 g/mol. The second kappa shape index (κ2) is 6.43. The highest BCUT2D eigenvalue weighted by atomic mass is 35.5. The summed E-state index contributed by atoms with van der Waals surface area (Å²) in [5.74, 6) is 0.631. The number of nitrogens with zero attached hydrogens (tertiary/aromatic N) is 3. The zero-order valence-electron chi connectivity index (χ0n) is 9.61. The Kier molecular flexibility index (Phi) is 5.19. The van der Waals surface area contributed by atoms with Gasteiger partial charge >= 0.3 is 0 Å². The van der Waals surface area contributed by atoms with Crippen molar-refractivity contribution < 1.29 is 4.79 Å². The number of halogens is 1. The highest BCUT2D eigenvalue weighted by Gasteiger charge is 2.14. The first-order chi connectivity index (χ1) is 7.74. The Morgan fingerprint density at radius 3 is 2.75 bits per heavy atom. The molecule has 1 heterocycles. The van der Waals surface area contributed by atoms with Crippen LogP contribution in [0.1, 0.15) is 37.0 Å². The Hall–Kier alpha value is -1.16. The van der Waals surface area contributed by atoms with Crippen molar-refractivity contribution in [3.8, 4) is 0 Å². The summed E-state index contributed by atoms with van der Waals surface area (Å²) in [5.41, 5.74) is 0.377. The molecule has 16 heavy (non-hydrogen) atoms. The first kappa shape index (κ1) is 12.9. The lowest BCUT2D eigenvalue weighted by atomic mass is 10.2. The van der Waals surface area contributed by atoms with E-state index in [4.69, 9.17) is 11.6 Å². The molecule has 4 nitrogen and oxygen atoms in total. The predicted octanol–water partition coefficient (Wildman–Crippen LogP) is 2.57. The van der Waals surface area contributed by atoms with Gasteiger partial charge in [0.2, 0.25) is 0 Å². The van der Waals surface area contributed by atoms with Gasteiger partial charge in [-0.15, -0.1) is 0 Å². The highest BCUT2D eigenvalue weighted by Crippen LogP contribution is 2.21. The SMILES string of the molecule is CCCCN(CC)c1ncnc(Cl)c1C=O. The summed E-state index contributed by atoms with van der Waals surface area (Å²) in [6, 6.07) is 0. The van der Waals surface area contributed by atoms with Crippen LogP contribution in [0.5, 0.6) is 0 Å². The first-order valence-electron chi connectivity index (χ1n) is 5.45. The normalized spacial score (nSPS) is 10.2. The van der Waals surface area contributed by atoms with Gasteiger partial charge in [0.25, 0.3) is 0 Å². The molecule has 0 bridgehead atoms. The number of unbranched alkanes of at least 4 members (excludes halogenated alkanes) is 1. The van der Waals surface area contributed by atoms with Crippen LogP contribution in [0.15, 0.2) is 6.33 Å². The Morgan fingerprint density at radius 2 is 2.19 bits per heavy atom. The van der Waals surface area contributed by atoms with Crippen molar-refractivity contribution in [3.63, 3.8) is 0 Å². The largest absolute Gasteiger partial charge is 0.356 e. The van der Waals surface area contributed by atoms with Crippen molar-refractivity contribution in [1.29, 1.82) is 0 Å². The molecule has 1 aromatic heterocycles. The number of hydrogen-bond donors (Lipinski definition) is 0. The van der Waals surface area contributed by atoms with Gasteiger partial charge in [-0.05, 0) is 13.3 Å². The summed E-state index contributed by atoms with van der Waals surface area (Å²) in [6.07, 6.45) is 4.27. The molecular weight excluding hydrogens is 226 g/mol. The van der Waals surface area contributed by atoms with Crippen LogP contribution in [0.2, 0.25) is 5.15 Å². The number of carbonyl (C=O) groups excluding carboxylic acids is 1. The van der Waals surface area contributed by atoms with Gasteiger partial charge in [0, 0.05) is 13.1 Å². The highest BCUT2D eigenvalue weighted by molar-refractivity contribution is 6.32. The number of carbonyl (C=O) groups is 1. The molecule has 0 amide bonds. The van der Waals surface area contributed by atoms with E-state index >= 15 is 0 Å². The summed E-state index contributed by atoms with van der Waals surface area (Å²) in [7, 11) is 0. The van der Waals surface area contributed by atoms with E-state index in [9.17, 15) is 4.79 Å². The van der Waals surface area contributed by atoms with Crippen LogP contribution in [-0.2, 0) is 0 Å². The monoisotopic (exact) mass is 241 g/mol. The molecule has 0 aromatic carbocycles. The van der Waals surface area contributed by atoms with E-state index in [-0.39, 0.29) is 5.15 Å². The molecule has 0 saturated heterocycles. The molecule has 0 saturated carbocycles. The number of anilines is 1. The van der Waals surface area contributed by atoms with Crippen molar-refractivity contribution in [2.75, 3.05) is 18.0 Å². The fraction of sp³-hybridized carbons (Fsp3) is 0.545. The summed E-state index contributed by atoms with van der Waals surface area (Å²) < 4.78 is 0. The van der Waals surface area contributed by atoms with Crippen LogP contribution in [-0.4, -0.2) is 29.3 Å². The van der Waals surface area contributed by atoms with Gasteiger partial charge in [-0.3, -0.25) is 4.79 Å². The number of aldehydes is 1. The van der Waals surface area contributed by atoms with E-state index < -0.39 is 0 Å². The standard InChI is InChI=1S/C11H16ClN3O/c1-3-5-6-15(4-2)11-9(7-16)10(12)13-8-14-11/h7-8H,3-6H2,1-2H3. The molecule has 0 aliphatic heterocycles. The van der Waals surface area contributed by atoms with E-state index in [0.29, 0.717) is 17.7 Å². The minimum Gasteiger partial charge on any atom is -0.356 e. The molecule has 1 aromatic rings. The Morgan fingerprint density at radius 1 is 1.44 bits per heavy atom. The van der Waals surface area contributed by atoms with Gasteiger partial charge in [0.15, 0.2) is 6.29 Å². The van der Waals surface area contributed by atoms with Gasteiger partial charge in [-0.1, -0.05) is 24.9 Å². The lowest BCUT2D eigenvalue weighted by Gasteiger charge is -2.22. The molecule has 0 spiro atoms. The second-order valence-electron chi connectivity index (χ2n) is 3.45. The van der Waals surface area contributed by atoms with Crippen LogP contribution in [0.3, 0.4) is 0 Å². The van der Waals surface area contributed by atoms with Gasteiger partial charge in [-0.25, -0.2) is 9.97 Å². The Bertz CT molecular complexity index is 357. The van der Waals surface area contributed by atoms with Crippen LogP contribution in [0.4, 0.5) is 5.82 Å². The van der Waals surface area contributed by atoms with Gasteiger partial charge in [-0.2, -0.15) is 0 Å². The van der Waals surface area contributed by atoms with E-state index in [1.54, 1.807) is 0 Å². The van der Waals surface area contributed by atoms with Gasteiger partial charge in [0.1, 0.15) is 17.3 Å². The quantitative estimate of drug-likeness (QED) is 0.567. The second-order valence-corrected chi connectivity index (χ2v) is 3.81. The summed E-state index contributed by atoms with van der Waals surface area (Å²) in [5, 5.41) is 0.218. The van der Waals surface area contributed by atoms with Crippen molar-refractivity contribution in [2.24, 2.45) is 0 Å². The molecule has 0 unspecified atom stereocenters. The van der Waals surface area contributed by atoms with E-state index in [1.807, 2.05) is 11.8 Å². The van der Waals surface area contributed by atoms with E-state index in [1.165, 1.54) is 6.33 Å². The molecule has 0 atom stereocenters. The molecule has 0 aliphatic carbocycles.